The van der Waals surface area contributed by atoms with Gasteiger partial charge in [0.1, 0.15) is 41.4 Å². The number of aliphatic imine (C=N–C) groups is 1. The van der Waals surface area contributed by atoms with E-state index >= 15 is 0 Å². The minimum atomic E-state index is -0.0923. The zero-order valence-electron chi connectivity index (χ0n) is 28.1. The summed E-state index contributed by atoms with van der Waals surface area (Å²) in [5.41, 5.74) is 7.48. The van der Waals surface area contributed by atoms with E-state index in [1.165, 1.54) is 65.0 Å². The molecule has 3 aliphatic heterocycles. The Morgan fingerprint density at radius 3 is 2.74 bits per heavy atom. The Kier molecular flexibility index (Phi) is 6.90. The van der Waals surface area contributed by atoms with Crippen LogP contribution in [0.2, 0.25) is 0 Å². The fourth-order valence-corrected chi connectivity index (χ4v) is 12.3. The number of allylic oxidation sites excluding steroid dienone is 3. The molecule has 6 heteroatoms. The number of thioether (sulfide) groups is 1. The van der Waals surface area contributed by atoms with Crippen molar-refractivity contribution in [2.24, 2.45) is 22.7 Å². The number of hydrogen-bond donors (Lipinski definition) is 2. The van der Waals surface area contributed by atoms with Gasteiger partial charge in [0.25, 0.3) is 0 Å². The molecule has 4 heterocycles. The van der Waals surface area contributed by atoms with Crippen LogP contribution in [0.5, 0.6) is 0 Å². The number of amidine groups is 1. The van der Waals surface area contributed by atoms with Crippen molar-refractivity contribution in [3.05, 3.63) is 130 Å². The monoisotopic (exact) mass is 675 g/mol. The lowest BCUT2D eigenvalue weighted by Gasteiger charge is -2.41. The minimum Gasteiger partial charge on any atom is -0.493 e. The minimum absolute atomic E-state index is 0.0669. The Labute approximate surface area is 298 Å². The maximum atomic E-state index is 6.85. The van der Waals surface area contributed by atoms with E-state index in [-0.39, 0.29) is 18.4 Å². The van der Waals surface area contributed by atoms with Crippen molar-refractivity contribution in [2.45, 2.75) is 91.8 Å². The molecule has 250 valence electrons. The van der Waals surface area contributed by atoms with E-state index in [1.807, 2.05) is 12.1 Å². The average Bonchev–Trinajstić information content (AvgIpc) is 3.96. The van der Waals surface area contributed by atoms with Gasteiger partial charge in [-0.25, -0.2) is 4.99 Å². The Morgan fingerprint density at radius 2 is 1.80 bits per heavy atom. The van der Waals surface area contributed by atoms with Gasteiger partial charge in [-0.1, -0.05) is 67.5 Å². The molecule has 7 aliphatic rings. The van der Waals surface area contributed by atoms with E-state index in [9.17, 15) is 0 Å². The second kappa shape index (κ2) is 11.7. The molecule has 2 N–H and O–H groups in total. The number of ether oxygens (including phenoxy) is 1. The van der Waals surface area contributed by atoms with Gasteiger partial charge in [-0.2, -0.15) is 0 Å². The van der Waals surface area contributed by atoms with Crippen LogP contribution in [0.4, 0.5) is 0 Å². The van der Waals surface area contributed by atoms with Crippen molar-refractivity contribution < 1.29 is 9.15 Å². The fourth-order valence-electron chi connectivity index (χ4n) is 10.5. The summed E-state index contributed by atoms with van der Waals surface area (Å²) >= 11 is 2.13. The van der Waals surface area contributed by atoms with Crippen molar-refractivity contribution in [1.82, 2.24) is 10.6 Å². The molecule has 5 nitrogen and oxygen atoms in total. The highest BCUT2D eigenvalue weighted by atomic mass is 32.2. The number of benzene rings is 2. The topological polar surface area (TPSA) is 58.8 Å². The zero-order chi connectivity index (χ0) is 32.8. The molecule has 9 atom stereocenters. The Bertz CT molecular complexity index is 2110. The molecule has 0 amide bonds. The van der Waals surface area contributed by atoms with Crippen LogP contribution in [0.1, 0.15) is 97.4 Å². The molecule has 2 fully saturated rings. The first-order valence-corrected chi connectivity index (χ1v) is 19.7. The molecule has 0 bridgehead atoms. The summed E-state index contributed by atoms with van der Waals surface area (Å²) in [4.78, 5) is 6.96. The van der Waals surface area contributed by atoms with Crippen LogP contribution in [-0.2, 0) is 4.74 Å². The lowest BCUT2D eigenvalue weighted by Crippen LogP contribution is -2.54. The van der Waals surface area contributed by atoms with Gasteiger partial charge in [0.05, 0.1) is 0 Å². The number of nitrogens with zero attached hydrogens (tertiary/aromatic N) is 1. The van der Waals surface area contributed by atoms with Gasteiger partial charge in [-0.05, 0) is 103 Å². The summed E-state index contributed by atoms with van der Waals surface area (Å²) in [6.07, 6.45) is 18.7. The second-order valence-electron chi connectivity index (χ2n) is 15.4. The molecule has 6 unspecified atom stereocenters. The molecule has 0 saturated heterocycles. The molecule has 0 spiro atoms. The Morgan fingerprint density at radius 1 is 0.880 bits per heavy atom. The van der Waals surface area contributed by atoms with E-state index in [0.717, 1.165) is 41.8 Å². The van der Waals surface area contributed by atoms with Crippen molar-refractivity contribution in [1.29, 1.82) is 0 Å². The van der Waals surface area contributed by atoms with Crippen molar-refractivity contribution >= 4 is 34.6 Å². The molecule has 0 radical (unpaired) electrons. The van der Waals surface area contributed by atoms with Crippen molar-refractivity contribution in [3.63, 3.8) is 0 Å². The Hall–Kier alpha value is -4.18. The molecule has 4 aromatic rings. The molecule has 1 aromatic heterocycles. The van der Waals surface area contributed by atoms with Crippen molar-refractivity contribution in [2.75, 3.05) is 0 Å². The quantitative estimate of drug-likeness (QED) is 0.226. The third-order valence-electron chi connectivity index (χ3n) is 12.8. The SMILES string of the molecule is c1ccc(C2NC(c3ccc4oc5c(c4c3)C=CCC5[C@H]3CCCC4c5ccccc5SC43)=NC(C3CCC[C@@H]4C5=C(CC=C5)O[C@H]34)N2)cc#1. The number of rotatable bonds is 4. The number of furan rings is 1. The summed E-state index contributed by atoms with van der Waals surface area (Å²) in [5, 5.41) is 9.48. The average molecular weight is 676 g/mol. The first-order valence-electron chi connectivity index (χ1n) is 18.8. The number of hydrogen-bond acceptors (Lipinski definition) is 6. The molecular formula is C44H41N3O2S. The van der Waals surface area contributed by atoms with E-state index in [2.05, 4.69) is 107 Å². The summed E-state index contributed by atoms with van der Waals surface area (Å²) in [7, 11) is 0. The third kappa shape index (κ3) is 4.62. The molecule has 11 rings (SSSR count). The molecule has 50 heavy (non-hydrogen) atoms. The zero-order valence-corrected chi connectivity index (χ0v) is 28.9. The molecule has 2 saturated carbocycles. The maximum absolute atomic E-state index is 6.85. The summed E-state index contributed by atoms with van der Waals surface area (Å²) < 4.78 is 13.6. The van der Waals surface area contributed by atoms with Crippen LogP contribution in [0, 0.1) is 29.9 Å². The van der Waals surface area contributed by atoms with E-state index in [0.29, 0.717) is 34.8 Å². The van der Waals surface area contributed by atoms with Gasteiger partial charge in [0.2, 0.25) is 0 Å². The highest BCUT2D eigenvalue weighted by Crippen LogP contribution is 2.58. The molecular weight excluding hydrogens is 635 g/mol. The molecule has 4 aliphatic carbocycles. The van der Waals surface area contributed by atoms with Gasteiger partial charge in [-0.15, -0.1) is 11.8 Å². The molecule has 3 aromatic carbocycles. The largest absolute Gasteiger partial charge is 0.493 e. The van der Waals surface area contributed by atoms with Crippen LogP contribution >= 0.6 is 11.8 Å². The maximum Gasteiger partial charge on any atom is 0.134 e. The van der Waals surface area contributed by atoms with Crippen molar-refractivity contribution in [3.8, 4) is 0 Å². The smallest absolute Gasteiger partial charge is 0.134 e. The number of fused-ring (bicyclic) bond motifs is 8. The lowest BCUT2D eigenvalue weighted by atomic mass is 9.70. The number of nitrogens with one attached hydrogen (secondary N) is 2. The fraction of sp³-hybridized carbons (Fsp3) is 0.386. The van der Waals surface area contributed by atoms with Gasteiger partial charge >= 0.3 is 0 Å². The predicted molar refractivity (Wildman–Crippen MR) is 199 cm³/mol. The summed E-state index contributed by atoms with van der Waals surface area (Å²) in [5.74, 6) is 5.75. The van der Waals surface area contributed by atoms with E-state index < -0.39 is 0 Å². The first-order chi connectivity index (χ1) is 24.8. The van der Waals surface area contributed by atoms with Crippen LogP contribution in [0.3, 0.4) is 0 Å². The standard InChI is InChI=1S/C44H41N3O2S/c1-2-10-25(11-3-1)42-45-43(47-44(46-42)34-19-7-14-29-27-13-9-20-36(27)48-40(29)34)26-22-23-37-35(24-26)31-16-6-15-30(39(31)49-37)33-18-8-17-32-28-12-4-5-21-38(28)50-41(32)33/h2,4-6,9-13,16,21-24,29-30,32-34,40-42,44,46H,7-8,14-15,17-20H2,(H,45,47)/t29-,30?,32?,33-,34?,40+,41?,42?,44?/m1/s1. The predicted octanol–water partition coefficient (Wildman–Crippen LogP) is 9.59. The van der Waals surface area contributed by atoms with Crippen LogP contribution in [-0.4, -0.2) is 23.4 Å². The van der Waals surface area contributed by atoms with Gasteiger partial charge < -0.3 is 14.5 Å². The Balaban J connectivity index is 0.939. The van der Waals surface area contributed by atoms with Gasteiger partial charge in [0.15, 0.2) is 0 Å². The third-order valence-corrected chi connectivity index (χ3v) is 14.4. The van der Waals surface area contributed by atoms with Crippen LogP contribution in [0.25, 0.3) is 17.0 Å². The highest BCUT2D eigenvalue weighted by Gasteiger charge is 2.48. The first kappa shape index (κ1) is 29.5. The van der Waals surface area contributed by atoms with Crippen LogP contribution in [0.15, 0.2) is 105 Å². The second-order valence-corrected chi connectivity index (χ2v) is 16.6. The van der Waals surface area contributed by atoms with E-state index in [1.54, 1.807) is 5.56 Å². The summed E-state index contributed by atoms with van der Waals surface area (Å²) in [6.45, 7) is 0. The summed E-state index contributed by atoms with van der Waals surface area (Å²) in [6, 6.07) is 28.2. The normalized spacial score (nSPS) is 33.4. The van der Waals surface area contributed by atoms with Gasteiger partial charge in [-0.3, -0.25) is 5.32 Å². The van der Waals surface area contributed by atoms with Gasteiger partial charge in [0, 0.05) is 50.8 Å². The van der Waals surface area contributed by atoms with E-state index in [4.69, 9.17) is 14.1 Å². The lowest BCUT2D eigenvalue weighted by molar-refractivity contribution is 0.00997. The highest BCUT2D eigenvalue weighted by molar-refractivity contribution is 8.00. The van der Waals surface area contributed by atoms with Crippen LogP contribution < -0.4 is 10.6 Å².